The van der Waals surface area contributed by atoms with E-state index in [1.54, 1.807) is 0 Å². The fourth-order valence-corrected chi connectivity index (χ4v) is 0.922. The van der Waals surface area contributed by atoms with Crippen LogP contribution in [0.15, 0.2) is 16.7 Å². The second-order valence-electron chi connectivity index (χ2n) is 1.87. The van der Waals surface area contributed by atoms with Crippen LogP contribution in [0.1, 0.15) is 6.92 Å². The van der Waals surface area contributed by atoms with Gasteiger partial charge >= 0.3 is 0 Å². The Morgan fingerprint density at radius 1 is 1.73 bits per heavy atom. The van der Waals surface area contributed by atoms with Crippen LogP contribution in [-0.4, -0.2) is 11.6 Å². The van der Waals surface area contributed by atoms with Gasteiger partial charge in [0, 0.05) is 6.07 Å². The topological polar surface area (TPSA) is 22.1 Å². The minimum Gasteiger partial charge on any atom is -0.478 e. The number of hydrogen-bond acceptors (Lipinski definition) is 2. The summed E-state index contributed by atoms with van der Waals surface area (Å²) in [5.41, 5.74) is 0. The molecule has 0 saturated heterocycles. The molecule has 0 aliphatic heterocycles. The molecule has 0 unspecified atom stereocenters. The molecule has 0 aliphatic rings. The predicted octanol–water partition coefficient (Wildman–Crippen LogP) is 2.38. The fourth-order valence-electron chi connectivity index (χ4n) is 0.623. The third kappa shape index (κ3) is 2.15. The summed E-state index contributed by atoms with van der Waals surface area (Å²) in [7, 11) is 0. The summed E-state index contributed by atoms with van der Waals surface area (Å²) in [5.74, 6) is 0.0502. The lowest BCUT2D eigenvalue weighted by molar-refractivity contribution is 0.325. The van der Waals surface area contributed by atoms with Crippen molar-refractivity contribution < 1.29 is 9.13 Å². The molecule has 1 rings (SSSR count). The van der Waals surface area contributed by atoms with Crippen LogP contribution in [0.4, 0.5) is 4.39 Å². The van der Waals surface area contributed by atoms with Gasteiger partial charge in [0.25, 0.3) is 0 Å². The molecule has 0 aliphatic carbocycles. The van der Waals surface area contributed by atoms with Crippen molar-refractivity contribution in [3.63, 3.8) is 0 Å². The van der Waals surface area contributed by atoms with E-state index in [0.29, 0.717) is 17.0 Å². The van der Waals surface area contributed by atoms with Crippen LogP contribution < -0.4 is 4.74 Å². The van der Waals surface area contributed by atoms with Gasteiger partial charge in [-0.1, -0.05) is 0 Å². The maximum atomic E-state index is 12.6. The van der Waals surface area contributed by atoms with Gasteiger partial charge in [-0.05, 0) is 22.9 Å². The van der Waals surface area contributed by atoms with Gasteiger partial charge in [-0.15, -0.1) is 0 Å². The van der Waals surface area contributed by atoms with Crippen LogP contribution >= 0.6 is 15.9 Å². The van der Waals surface area contributed by atoms with E-state index in [4.69, 9.17) is 4.74 Å². The highest BCUT2D eigenvalue weighted by Crippen LogP contribution is 2.18. The van der Waals surface area contributed by atoms with Gasteiger partial charge in [0.2, 0.25) is 5.88 Å². The minimum absolute atomic E-state index is 0.371. The molecular weight excluding hydrogens is 213 g/mol. The molecule has 0 radical (unpaired) electrons. The van der Waals surface area contributed by atoms with Crippen LogP contribution in [0.2, 0.25) is 0 Å². The Morgan fingerprint density at radius 3 is 3.00 bits per heavy atom. The summed E-state index contributed by atoms with van der Waals surface area (Å²) in [4.78, 5) is 3.70. The van der Waals surface area contributed by atoms with E-state index in [1.807, 2.05) is 6.92 Å². The van der Waals surface area contributed by atoms with Crippen LogP contribution in [-0.2, 0) is 0 Å². The average molecular weight is 220 g/mol. The zero-order valence-electron chi connectivity index (χ0n) is 5.97. The van der Waals surface area contributed by atoms with Crippen LogP contribution in [0.5, 0.6) is 5.88 Å². The zero-order valence-corrected chi connectivity index (χ0v) is 7.56. The lowest BCUT2D eigenvalue weighted by Gasteiger charge is -2.01. The van der Waals surface area contributed by atoms with Gasteiger partial charge < -0.3 is 4.74 Å². The summed E-state index contributed by atoms with van der Waals surface area (Å²) in [6.07, 6.45) is 1.12. The molecule has 0 aromatic carbocycles. The first-order valence-corrected chi connectivity index (χ1v) is 3.97. The molecule has 2 nitrogen and oxygen atoms in total. The molecule has 0 spiro atoms. The van der Waals surface area contributed by atoms with E-state index < -0.39 is 0 Å². The molecule has 0 N–H and O–H groups in total. The first-order chi connectivity index (χ1) is 5.24. The quantitative estimate of drug-likeness (QED) is 0.763. The van der Waals surface area contributed by atoms with Crippen LogP contribution in [0.25, 0.3) is 0 Å². The maximum absolute atomic E-state index is 12.6. The normalized spacial score (nSPS) is 9.73. The summed E-state index contributed by atoms with van der Waals surface area (Å²) < 4.78 is 18.0. The zero-order chi connectivity index (χ0) is 8.27. The van der Waals surface area contributed by atoms with Crippen molar-refractivity contribution in [1.29, 1.82) is 0 Å². The van der Waals surface area contributed by atoms with Crippen molar-refractivity contribution in [1.82, 2.24) is 4.98 Å². The average Bonchev–Trinajstić information content (AvgIpc) is 1.98. The highest BCUT2D eigenvalue weighted by molar-refractivity contribution is 9.10. The van der Waals surface area contributed by atoms with Crippen molar-refractivity contribution in [3.8, 4) is 5.88 Å². The van der Waals surface area contributed by atoms with Gasteiger partial charge in [-0.25, -0.2) is 9.37 Å². The first-order valence-electron chi connectivity index (χ1n) is 3.18. The number of rotatable bonds is 2. The summed E-state index contributed by atoms with van der Waals surface area (Å²) in [6.45, 7) is 2.38. The number of nitrogens with zero attached hydrogens (tertiary/aromatic N) is 1. The Morgan fingerprint density at radius 2 is 2.45 bits per heavy atom. The maximum Gasteiger partial charge on any atom is 0.214 e. The van der Waals surface area contributed by atoms with Crippen molar-refractivity contribution in [3.05, 3.63) is 22.6 Å². The number of ether oxygens (including phenoxy) is 1. The molecular formula is C7H7BrFNO. The van der Waals surface area contributed by atoms with Gasteiger partial charge in [0.05, 0.1) is 17.3 Å². The molecule has 4 heteroatoms. The molecule has 1 aromatic rings. The Labute approximate surface area is 72.5 Å². The lowest BCUT2D eigenvalue weighted by Crippen LogP contribution is -1.94. The molecule has 11 heavy (non-hydrogen) atoms. The molecule has 1 heterocycles. The summed E-state index contributed by atoms with van der Waals surface area (Å²) in [6, 6.07) is 1.50. The van der Waals surface area contributed by atoms with Crippen molar-refractivity contribution in [2.75, 3.05) is 6.61 Å². The van der Waals surface area contributed by atoms with Crippen molar-refractivity contribution >= 4 is 15.9 Å². The Bertz CT molecular complexity index is 254. The van der Waals surface area contributed by atoms with Gasteiger partial charge in [0.1, 0.15) is 0 Å². The molecule has 0 saturated carbocycles. The Hall–Kier alpha value is -0.640. The molecule has 60 valence electrons. The lowest BCUT2D eigenvalue weighted by atomic mass is 10.5. The Balaban J connectivity index is 2.86. The third-order valence-electron chi connectivity index (χ3n) is 1.08. The standard InChI is InChI=1S/C7H7BrFNO/c1-2-11-7-3-5(8)6(9)4-10-7/h3-4H,2H2,1H3. The van der Waals surface area contributed by atoms with Crippen LogP contribution in [0.3, 0.4) is 0 Å². The molecule has 0 atom stereocenters. The van der Waals surface area contributed by atoms with E-state index in [9.17, 15) is 4.39 Å². The molecule has 0 bridgehead atoms. The van der Waals surface area contributed by atoms with Gasteiger partial charge in [-0.3, -0.25) is 0 Å². The van der Waals surface area contributed by atoms with E-state index in [1.165, 1.54) is 6.07 Å². The Kier molecular flexibility index (Phi) is 2.82. The van der Waals surface area contributed by atoms with E-state index in [0.717, 1.165) is 6.20 Å². The first kappa shape index (κ1) is 8.46. The highest BCUT2D eigenvalue weighted by Gasteiger charge is 2.00. The van der Waals surface area contributed by atoms with Gasteiger partial charge in [0.15, 0.2) is 5.82 Å². The van der Waals surface area contributed by atoms with E-state index >= 15 is 0 Å². The predicted molar refractivity (Wildman–Crippen MR) is 43.1 cm³/mol. The summed E-state index contributed by atoms with van der Waals surface area (Å²) >= 11 is 3.02. The monoisotopic (exact) mass is 219 g/mol. The summed E-state index contributed by atoms with van der Waals surface area (Å²) in [5, 5.41) is 0. The molecule has 1 aromatic heterocycles. The molecule has 0 amide bonds. The number of pyridine rings is 1. The van der Waals surface area contributed by atoms with Crippen molar-refractivity contribution in [2.24, 2.45) is 0 Å². The number of aromatic nitrogens is 1. The second-order valence-corrected chi connectivity index (χ2v) is 2.72. The highest BCUT2D eigenvalue weighted by atomic mass is 79.9. The van der Waals surface area contributed by atoms with Crippen molar-refractivity contribution in [2.45, 2.75) is 6.92 Å². The minimum atomic E-state index is -0.381. The smallest absolute Gasteiger partial charge is 0.214 e. The fraction of sp³-hybridized carbons (Fsp3) is 0.286. The van der Waals surface area contributed by atoms with Gasteiger partial charge in [-0.2, -0.15) is 0 Å². The largest absolute Gasteiger partial charge is 0.478 e. The SMILES string of the molecule is CCOc1cc(Br)c(F)cn1. The number of halogens is 2. The van der Waals surface area contributed by atoms with E-state index in [-0.39, 0.29) is 5.82 Å². The van der Waals surface area contributed by atoms with Crippen LogP contribution in [0, 0.1) is 5.82 Å². The second kappa shape index (κ2) is 3.67. The van der Waals surface area contributed by atoms with E-state index in [2.05, 4.69) is 20.9 Å². The third-order valence-corrected chi connectivity index (χ3v) is 1.68. The molecule has 0 fully saturated rings. The number of hydrogen-bond donors (Lipinski definition) is 0.